The van der Waals surface area contributed by atoms with Gasteiger partial charge in [0, 0.05) is 6.54 Å². The number of allylic oxidation sites excluding steroid dienone is 3. The van der Waals surface area contributed by atoms with Gasteiger partial charge in [0.2, 0.25) is 0 Å². The Bertz CT molecular complexity index is 815. The summed E-state index contributed by atoms with van der Waals surface area (Å²) < 4.78 is 43.6. The zero-order chi connectivity index (χ0) is 21.6. The molecule has 2 rings (SSSR count). The van der Waals surface area contributed by atoms with Gasteiger partial charge < -0.3 is 10.1 Å². The Morgan fingerprint density at radius 3 is 2.66 bits per heavy atom. The van der Waals surface area contributed by atoms with Crippen LogP contribution in [0.4, 0.5) is 13.2 Å². The summed E-state index contributed by atoms with van der Waals surface area (Å²) in [6.45, 7) is 5.03. The third-order valence-corrected chi connectivity index (χ3v) is 5.25. The van der Waals surface area contributed by atoms with Crippen LogP contribution in [0.15, 0.2) is 46.6 Å². The number of rotatable bonds is 9. The fourth-order valence-electron chi connectivity index (χ4n) is 2.92. The number of nitrogens with zero attached hydrogens (tertiary/aromatic N) is 1. The van der Waals surface area contributed by atoms with Gasteiger partial charge in [-0.2, -0.15) is 13.2 Å². The molecule has 1 amide bonds. The highest BCUT2D eigenvalue weighted by atomic mass is 35.5. The standard InChI is InChI=1S/C21H24ClF3N2O2/c1-13(7-10-18(26-2)21(23,24)25)15(11-14-8-9-14)12-27-20(28)16-5-4-6-17(29-3)19(16)22/h4-7,10,14-15H,2,8-9,11-12H2,1,3H3,(H,27,28)/b13-7+,18-10-. The maximum atomic E-state index is 12.8. The van der Waals surface area contributed by atoms with Crippen molar-refractivity contribution in [1.29, 1.82) is 0 Å². The van der Waals surface area contributed by atoms with Crippen molar-refractivity contribution in [1.82, 2.24) is 5.32 Å². The number of halogens is 4. The molecule has 0 aromatic heterocycles. The van der Waals surface area contributed by atoms with Crippen molar-refractivity contribution in [2.45, 2.75) is 32.4 Å². The van der Waals surface area contributed by atoms with Crippen LogP contribution in [0, 0.1) is 11.8 Å². The van der Waals surface area contributed by atoms with Crippen LogP contribution in [0.5, 0.6) is 5.75 Å². The minimum Gasteiger partial charge on any atom is -0.495 e. The summed E-state index contributed by atoms with van der Waals surface area (Å²) in [5.74, 6) is 0.476. The molecule has 0 aliphatic heterocycles. The second kappa shape index (κ2) is 9.96. The van der Waals surface area contributed by atoms with Crippen LogP contribution < -0.4 is 10.1 Å². The van der Waals surface area contributed by atoms with Gasteiger partial charge in [-0.1, -0.05) is 42.2 Å². The monoisotopic (exact) mass is 428 g/mol. The van der Waals surface area contributed by atoms with E-state index in [0.717, 1.165) is 30.9 Å². The largest absolute Gasteiger partial charge is 0.495 e. The van der Waals surface area contributed by atoms with Gasteiger partial charge >= 0.3 is 6.18 Å². The summed E-state index contributed by atoms with van der Waals surface area (Å²) in [5, 5.41) is 3.05. The van der Waals surface area contributed by atoms with E-state index in [2.05, 4.69) is 17.0 Å². The van der Waals surface area contributed by atoms with E-state index in [1.54, 1.807) is 25.1 Å². The number of hydrogen-bond acceptors (Lipinski definition) is 3. The number of ether oxygens (including phenoxy) is 1. The number of methoxy groups -OCH3 is 1. The van der Waals surface area contributed by atoms with E-state index in [0.29, 0.717) is 18.2 Å². The minimum absolute atomic E-state index is 0.0913. The molecule has 1 aromatic rings. The molecule has 0 heterocycles. The first-order valence-electron chi connectivity index (χ1n) is 9.20. The van der Waals surface area contributed by atoms with E-state index < -0.39 is 11.9 Å². The van der Waals surface area contributed by atoms with Crippen LogP contribution in [0.2, 0.25) is 5.02 Å². The number of amides is 1. The summed E-state index contributed by atoms with van der Waals surface area (Å²) in [6.07, 6.45) is 0.750. The van der Waals surface area contributed by atoms with Gasteiger partial charge in [-0.15, -0.1) is 0 Å². The summed E-state index contributed by atoms with van der Waals surface area (Å²) in [4.78, 5) is 15.6. The molecule has 1 fully saturated rings. The summed E-state index contributed by atoms with van der Waals surface area (Å²) in [6, 6.07) is 4.91. The molecule has 8 heteroatoms. The highest BCUT2D eigenvalue weighted by Crippen LogP contribution is 2.37. The molecule has 1 aliphatic rings. The first kappa shape index (κ1) is 23.0. The number of carbonyl (C=O) groups is 1. The topological polar surface area (TPSA) is 50.7 Å². The first-order valence-corrected chi connectivity index (χ1v) is 9.58. The average Bonchev–Trinajstić information content (AvgIpc) is 3.48. The quantitative estimate of drug-likeness (QED) is 0.412. The maximum Gasteiger partial charge on any atom is 0.433 e. The predicted octanol–water partition coefficient (Wildman–Crippen LogP) is 5.59. The molecule has 1 unspecified atom stereocenters. The van der Waals surface area contributed by atoms with Gasteiger partial charge in [0.05, 0.1) is 17.7 Å². The van der Waals surface area contributed by atoms with E-state index in [4.69, 9.17) is 16.3 Å². The molecule has 29 heavy (non-hydrogen) atoms. The number of benzene rings is 1. The molecule has 0 radical (unpaired) electrons. The van der Waals surface area contributed by atoms with Gasteiger partial charge in [0.1, 0.15) is 11.4 Å². The summed E-state index contributed by atoms with van der Waals surface area (Å²) >= 11 is 6.19. The molecular formula is C21H24ClF3N2O2. The Morgan fingerprint density at radius 2 is 2.10 bits per heavy atom. The van der Waals surface area contributed by atoms with E-state index in [1.807, 2.05) is 0 Å². The van der Waals surface area contributed by atoms with Gasteiger partial charge in [-0.3, -0.25) is 9.79 Å². The van der Waals surface area contributed by atoms with Crippen molar-refractivity contribution in [3.05, 3.63) is 52.2 Å². The minimum atomic E-state index is -4.55. The van der Waals surface area contributed by atoms with E-state index >= 15 is 0 Å². The molecule has 0 bridgehead atoms. The third kappa shape index (κ3) is 6.63. The van der Waals surface area contributed by atoms with Crippen LogP contribution in [-0.4, -0.2) is 32.5 Å². The Kier molecular flexibility index (Phi) is 7.90. The number of aliphatic imine (C=N–C) groups is 1. The van der Waals surface area contributed by atoms with Crippen molar-refractivity contribution in [2.75, 3.05) is 13.7 Å². The lowest BCUT2D eigenvalue weighted by atomic mass is 9.93. The van der Waals surface area contributed by atoms with E-state index in [1.165, 1.54) is 13.2 Å². The lowest BCUT2D eigenvalue weighted by Crippen LogP contribution is -2.30. The second-order valence-corrected chi connectivity index (χ2v) is 7.40. The smallest absolute Gasteiger partial charge is 0.433 e. The van der Waals surface area contributed by atoms with Gasteiger partial charge in [-0.05, 0) is 50.1 Å². The third-order valence-electron chi connectivity index (χ3n) is 4.86. The Balaban J connectivity index is 2.12. The van der Waals surface area contributed by atoms with Crippen molar-refractivity contribution in [2.24, 2.45) is 16.8 Å². The molecule has 1 aliphatic carbocycles. The van der Waals surface area contributed by atoms with Crippen LogP contribution >= 0.6 is 11.6 Å². The molecule has 158 valence electrons. The van der Waals surface area contributed by atoms with Crippen LogP contribution in [-0.2, 0) is 0 Å². The fourth-order valence-corrected chi connectivity index (χ4v) is 3.21. The Hall–Kier alpha value is -2.28. The van der Waals surface area contributed by atoms with Crippen LogP contribution in [0.25, 0.3) is 0 Å². The molecule has 4 nitrogen and oxygen atoms in total. The molecular weight excluding hydrogens is 405 g/mol. The van der Waals surface area contributed by atoms with Gasteiger partial charge in [0.15, 0.2) is 0 Å². The molecule has 1 aromatic carbocycles. The van der Waals surface area contributed by atoms with Crippen molar-refractivity contribution in [3.63, 3.8) is 0 Å². The summed E-state index contributed by atoms with van der Waals surface area (Å²) in [7, 11) is 1.46. The Morgan fingerprint density at radius 1 is 1.41 bits per heavy atom. The highest BCUT2D eigenvalue weighted by molar-refractivity contribution is 6.35. The fraction of sp³-hybridized carbons (Fsp3) is 0.429. The number of carbonyl (C=O) groups excluding carboxylic acids is 1. The SMILES string of the molecule is C=N/C(=C\C=C(/C)C(CNC(=O)c1cccc(OC)c1Cl)CC1CC1)C(F)(F)F. The van der Waals surface area contributed by atoms with Crippen molar-refractivity contribution < 1.29 is 22.7 Å². The lowest BCUT2D eigenvalue weighted by molar-refractivity contribution is -0.0922. The Labute approximate surface area is 173 Å². The van der Waals surface area contributed by atoms with Crippen molar-refractivity contribution in [3.8, 4) is 5.75 Å². The predicted molar refractivity (Wildman–Crippen MR) is 109 cm³/mol. The number of alkyl halides is 3. The second-order valence-electron chi connectivity index (χ2n) is 7.03. The maximum absolute atomic E-state index is 12.8. The number of nitrogens with one attached hydrogen (secondary N) is 1. The molecule has 1 atom stereocenters. The molecule has 0 saturated heterocycles. The summed E-state index contributed by atoms with van der Waals surface area (Å²) in [5.41, 5.74) is -0.0264. The van der Waals surface area contributed by atoms with Gasteiger partial charge in [0.25, 0.3) is 5.91 Å². The van der Waals surface area contributed by atoms with Crippen LogP contribution in [0.3, 0.4) is 0 Å². The average molecular weight is 429 g/mol. The highest BCUT2D eigenvalue weighted by Gasteiger charge is 2.33. The normalized spacial score (nSPS) is 16.3. The van der Waals surface area contributed by atoms with Gasteiger partial charge in [-0.25, -0.2) is 0 Å². The van der Waals surface area contributed by atoms with E-state index in [9.17, 15) is 18.0 Å². The first-order chi connectivity index (χ1) is 13.7. The molecule has 0 spiro atoms. The zero-order valence-electron chi connectivity index (χ0n) is 16.4. The number of hydrogen-bond donors (Lipinski definition) is 1. The van der Waals surface area contributed by atoms with E-state index in [-0.39, 0.29) is 22.4 Å². The zero-order valence-corrected chi connectivity index (χ0v) is 17.1. The van der Waals surface area contributed by atoms with Crippen molar-refractivity contribution >= 4 is 24.2 Å². The molecule has 1 N–H and O–H groups in total. The van der Waals surface area contributed by atoms with Crippen LogP contribution in [0.1, 0.15) is 36.5 Å². The molecule has 1 saturated carbocycles. The lowest BCUT2D eigenvalue weighted by Gasteiger charge is -2.19.